The van der Waals surface area contributed by atoms with Crippen LogP contribution in [0.5, 0.6) is 0 Å². The Labute approximate surface area is 283 Å². The van der Waals surface area contributed by atoms with Crippen LogP contribution in [0.3, 0.4) is 0 Å². The highest BCUT2D eigenvalue weighted by molar-refractivity contribution is 5.96. The Morgan fingerprint density at radius 3 is 1.83 bits per heavy atom. The number of allylic oxidation sites excluding steroid dienone is 1. The molecule has 1 saturated heterocycles. The van der Waals surface area contributed by atoms with Crippen LogP contribution in [0, 0.1) is 5.92 Å². The molecule has 0 radical (unpaired) electrons. The number of carbonyl (C=O) groups is 2. The average molecular weight is 638 g/mol. The number of likely N-dealkylation sites (tertiary alicyclic amines) is 1. The predicted octanol–water partition coefficient (Wildman–Crippen LogP) is 8.81. The lowest BCUT2D eigenvalue weighted by Crippen LogP contribution is -2.42. The van der Waals surface area contributed by atoms with E-state index in [1.807, 2.05) is 51.4 Å². The van der Waals surface area contributed by atoms with Crippen LogP contribution in [-0.2, 0) is 21.5 Å². The Morgan fingerprint density at radius 1 is 0.771 bits per heavy atom. The maximum Gasteiger partial charge on any atom is 0.410 e. The van der Waals surface area contributed by atoms with E-state index in [0.717, 1.165) is 16.8 Å². The van der Waals surface area contributed by atoms with E-state index < -0.39 is 11.0 Å². The fourth-order valence-electron chi connectivity index (χ4n) is 6.66. The number of hydrogen-bond donors (Lipinski definition) is 0. The number of nitrogens with zero attached hydrogens (tertiary/aromatic N) is 3. The van der Waals surface area contributed by atoms with Gasteiger partial charge in [-0.25, -0.2) is 9.78 Å². The molecule has 0 atom stereocenters. The molecule has 6 rings (SSSR count). The van der Waals surface area contributed by atoms with Crippen molar-refractivity contribution in [3.63, 3.8) is 0 Å². The van der Waals surface area contributed by atoms with Gasteiger partial charge in [-0.1, -0.05) is 121 Å². The minimum Gasteiger partial charge on any atom is -0.444 e. The Hall–Kier alpha value is -5.23. The Kier molecular flexibility index (Phi) is 9.72. The number of hydrogen-bond acceptors (Lipinski definition) is 4. The van der Waals surface area contributed by atoms with Crippen LogP contribution in [0.1, 0.15) is 55.9 Å². The summed E-state index contributed by atoms with van der Waals surface area (Å²) >= 11 is 0. The maximum atomic E-state index is 13.2. The van der Waals surface area contributed by atoms with Gasteiger partial charge in [0.05, 0.1) is 17.4 Å². The number of imidazole rings is 1. The smallest absolute Gasteiger partial charge is 0.410 e. The van der Waals surface area contributed by atoms with Crippen molar-refractivity contribution < 1.29 is 14.3 Å². The molecule has 0 N–H and O–H groups in total. The molecule has 2 heterocycles. The standard InChI is InChI=1S/C42H43N3O3/c1-41(2,3)48-40(47)45-27-25-33(26-28-45)39(46)24-23-32-15-13-14-22-37(32)38-29-44(31-43-38)30-42(34-16-7-4-8-17-34,35-18-9-5-10-19-35)36-20-11-6-12-21-36/h4-24,29,31,33H,25-28,30H2,1-3H3/b24-23+. The lowest BCUT2D eigenvalue weighted by atomic mass is 9.69. The van der Waals surface area contributed by atoms with Crippen LogP contribution < -0.4 is 0 Å². The van der Waals surface area contributed by atoms with Gasteiger partial charge in [0.2, 0.25) is 0 Å². The summed E-state index contributed by atoms with van der Waals surface area (Å²) in [5.41, 5.74) is 5.37. The first-order valence-electron chi connectivity index (χ1n) is 16.7. The third kappa shape index (κ3) is 7.33. The number of ether oxygens (including phenoxy) is 1. The average Bonchev–Trinajstić information content (AvgIpc) is 3.58. The molecule has 1 aromatic heterocycles. The largest absolute Gasteiger partial charge is 0.444 e. The Balaban J connectivity index is 1.24. The minimum atomic E-state index is -0.537. The predicted molar refractivity (Wildman–Crippen MR) is 191 cm³/mol. The highest BCUT2D eigenvalue weighted by Gasteiger charge is 2.37. The summed E-state index contributed by atoms with van der Waals surface area (Å²) in [4.78, 5) is 32.3. The van der Waals surface area contributed by atoms with Crippen molar-refractivity contribution >= 4 is 18.0 Å². The van der Waals surface area contributed by atoms with Crippen LogP contribution in [0.4, 0.5) is 4.79 Å². The normalized spacial score (nSPS) is 14.3. The number of benzene rings is 4. The highest BCUT2D eigenvalue weighted by atomic mass is 16.6. The van der Waals surface area contributed by atoms with Crippen LogP contribution in [-0.4, -0.2) is 45.0 Å². The second-order valence-electron chi connectivity index (χ2n) is 13.5. The molecule has 6 heteroatoms. The SMILES string of the molecule is CC(C)(C)OC(=O)N1CCC(C(=O)/C=C/c2ccccc2-c2cn(CC(c3ccccc3)(c3ccccc3)c3ccccc3)cn2)CC1. The van der Waals surface area contributed by atoms with Gasteiger partial charge in [0, 0.05) is 37.3 Å². The first-order valence-corrected chi connectivity index (χ1v) is 16.7. The summed E-state index contributed by atoms with van der Waals surface area (Å²) in [5.74, 6) is -0.0362. The summed E-state index contributed by atoms with van der Waals surface area (Å²) in [7, 11) is 0. The van der Waals surface area contributed by atoms with E-state index in [2.05, 4.69) is 108 Å². The van der Waals surface area contributed by atoms with Crippen molar-refractivity contribution in [3.05, 3.63) is 156 Å². The second-order valence-corrected chi connectivity index (χ2v) is 13.5. The molecule has 0 bridgehead atoms. The van der Waals surface area contributed by atoms with Gasteiger partial charge in [-0.05, 0) is 61.9 Å². The number of aromatic nitrogens is 2. The zero-order valence-corrected chi connectivity index (χ0v) is 28.0. The zero-order valence-electron chi connectivity index (χ0n) is 28.0. The molecule has 1 aliphatic rings. The Morgan fingerprint density at radius 2 is 1.29 bits per heavy atom. The van der Waals surface area contributed by atoms with E-state index in [9.17, 15) is 9.59 Å². The lowest BCUT2D eigenvalue weighted by Gasteiger charge is -2.36. The van der Waals surface area contributed by atoms with Crippen molar-refractivity contribution in [3.8, 4) is 11.3 Å². The monoisotopic (exact) mass is 637 g/mol. The molecular weight excluding hydrogens is 594 g/mol. The number of ketones is 1. The number of piperidine rings is 1. The molecule has 48 heavy (non-hydrogen) atoms. The van der Waals surface area contributed by atoms with E-state index in [4.69, 9.17) is 9.72 Å². The van der Waals surface area contributed by atoms with E-state index >= 15 is 0 Å². The molecule has 1 amide bonds. The van der Waals surface area contributed by atoms with Crippen molar-refractivity contribution in [2.75, 3.05) is 13.1 Å². The zero-order chi connectivity index (χ0) is 33.6. The van der Waals surface area contributed by atoms with Gasteiger partial charge in [0.15, 0.2) is 5.78 Å². The quantitative estimate of drug-likeness (QED) is 0.120. The molecule has 1 aliphatic heterocycles. The van der Waals surface area contributed by atoms with Gasteiger partial charge in [0.25, 0.3) is 0 Å². The van der Waals surface area contributed by atoms with Gasteiger partial charge >= 0.3 is 6.09 Å². The van der Waals surface area contributed by atoms with Crippen LogP contribution in [0.25, 0.3) is 17.3 Å². The fourth-order valence-corrected chi connectivity index (χ4v) is 6.66. The van der Waals surface area contributed by atoms with E-state index in [1.54, 1.807) is 11.0 Å². The van der Waals surface area contributed by atoms with Crippen molar-refractivity contribution in [1.29, 1.82) is 0 Å². The Bertz CT molecular complexity index is 1750. The third-order valence-electron chi connectivity index (χ3n) is 9.07. The topological polar surface area (TPSA) is 64.4 Å². The molecule has 4 aromatic carbocycles. The van der Waals surface area contributed by atoms with Crippen LogP contribution >= 0.6 is 0 Å². The van der Waals surface area contributed by atoms with Gasteiger partial charge < -0.3 is 14.2 Å². The summed E-state index contributed by atoms with van der Waals surface area (Å²) in [6, 6.07) is 40.1. The van der Waals surface area contributed by atoms with E-state index in [0.29, 0.717) is 32.5 Å². The van der Waals surface area contributed by atoms with Crippen molar-refractivity contribution in [2.24, 2.45) is 5.92 Å². The van der Waals surface area contributed by atoms with E-state index in [1.165, 1.54) is 16.7 Å². The second kappa shape index (κ2) is 14.3. The fraction of sp³-hybridized carbons (Fsp3) is 0.262. The lowest BCUT2D eigenvalue weighted by molar-refractivity contribution is -0.119. The summed E-state index contributed by atoms with van der Waals surface area (Å²) < 4.78 is 7.68. The van der Waals surface area contributed by atoms with Gasteiger partial charge in [-0.2, -0.15) is 0 Å². The summed E-state index contributed by atoms with van der Waals surface area (Å²) in [5, 5.41) is 0. The van der Waals surface area contributed by atoms with Crippen molar-refractivity contribution in [2.45, 2.75) is 51.2 Å². The number of amides is 1. The van der Waals surface area contributed by atoms with Gasteiger partial charge in [-0.15, -0.1) is 0 Å². The molecular formula is C42H43N3O3. The maximum absolute atomic E-state index is 13.2. The molecule has 0 aliphatic carbocycles. The van der Waals surface area contributed by atoms with Crippen molar-refractivity contribution in [1.82, 2.24) is 14.5 Å². The molecule has 6 nitrogen and oxygen atoms in total. The van der Waals surface area contributed by atoms with Gasteiger partial charge in [-0.3, -0.25) is 4.79 Å². The highest BCUT2D eigenvalue weighted by Crippen LogP contribution is 2.41. The van der Waals surface area contributed by atoms with Crippen LogP contribution in [0.15, 0.2) is 134 Å². The molecule has 244 valence electrons. The van der Waals surface area contributed by atoms with Crippen LogP contribution in [0.2, 0.25) is 0 Å². The van der Waals surface area contributed by atoms with E-state index in [-0.39, 0.29) is 17.8 Å². The molecule has 0 unspecified atom stereocenters. The number of carbonyl (C=O) groups excluding carboxylic acids is 2. The first-order chi connectivity index (χ1) is 23.2. The molecule has 0 spiro atoms. The molecule has 1 fully saturated rings. The van der Waals surface area contributed by atoms with Gasteiger partial charge in [0.1, 0.15) is 5.60 Å². The number of rotatable bonds is 9. The third-order valence-corrected chi connectivity index (χ3v) is 9.07. The summed E-state index contributed by atoms with van der Waals surface area (Å²) in [6.07, 6.45) is 8.54. The minimum absolute atomic E-state index is 0.0811. The summed E-state index contributed by atoms with van der Waals surface area (Å²) in [6.45, 7) is 7.27. The molecule has 5 aromatic rings. The molecule has 0 saturated carbocycles. The first kappa shape index (κ1) is 32.7.